The van der Waals surface area contributed by atoms with Crippen molar-refractivity contribution < 1.29 is 14.7 Å². The van der Waals surface area contributed by atoms with Crippen LogP contribution in [0.4, 0.5) is 0 Å². The smallest absolute Gasteiger partial charge is 0.310 e. The van der Waals surface area contributed by atoms with Gasteiger partial charge in [0.1, 0.15) is 12.2 Å². The molecule has 2 rings (SSSR count). The number of hydrogen-bond acceptors (Lipinski definition) is 2. The molecule has 0 aliphatic heterocycles. The predicted molar refractivity (Wildman–Crippen MR) is 59.3 cm³/mol. The van der Waals surface area contributed by atoms with Gasteiger partial charge in [-0.1, -0.05) is 18.2 Å². The van der Waals surface area contributed by atoms with Crippen molar-refractivity contribution >= 4 is 22.7 Å². The standard InChI is InChI=1S/C12H11NO3/c14-10(7-12(15)16)6-9-5-8-3-1-2-4-11(8)13-9/h1-5,13H,6-7H2,(H,15,16). The van der Waals surface area contributed by atoms with Crippen LogP contribution in [0.5, 0.6) is 0 Å². The Balaban J connectivity index is 2.15. The van der Waals surface area contributed by atoms with E-state index >= 15 is 0 Å². The Labute approximate surface area is 91.9 Å². The zero-order valence-electron chi connectivity index (χ0n) is 8.56. The van der Waals surface area contributed by atoms with E-state index in [2.05, 4.69) is 4.98 Å². The van der Waals surface area contributed by atoms with Crippen molar-refractivity contribution in [2.45, 2.75) is 12.8 Å². The molecule has 0 saturated carbocycles. The van der Waals surface area contributed by atoms with Gasteiger partial charge in [-0.2, -0.15) is 0 Å². The van der Waals surface area contributed by atoms with E-state index in [1.54, 1.807) is 0 Å². The van der Waals surface area contributed by atoms with E-state index < -0.39 is 12.4 Å². The number of Topliss-reactive ketones (excluding diaryl/α,β-unsaturated/α-hetero) is 1. The maximum atomic E-state index is 11.3. The van der Waals surface area contributed by atoms with E-state index in [-0.39, 0.29) is 12.2 Å². The number of aliphatic carboxylic acids is 1. The first-order valence-electron chi connectivity index (χ1n) is 4.95. The zero-order valence-corrected chi connectivity index (χ0v) is 8.56. The summed E-state index contributed by atoms with van der Waals surface area (Å²) in [4.78, 5) is 24.7. The Bertz CT molecular complexity index is 509. The van der Waals surface area contributed by atoms with Crippen LogP contribution in [0.3, 0.4) is 0 Å². The first kappa shape index (κ1) is 10.4. The van der Waals surface area contributed by atoms with E-state index in [9.17, 15) is 9.59 Å². The molecule has 0 spiro atoms. The molecule has 0 amide bonds. The molecule has 82 valence electrons. The molecule has 0 radical (unpaired) electrons. The summed E-state index contributed by atoms with van der Waals surface area (Å²) in [6.45, 7) is 0. The second-order valence-electron chi connectivity index (χ2n) is 3.67. The van der Waals surface area contributed by atoms with Gasteiger partial charge in [0, 0.05) is 17.6 Å². The Morgan fingerprint density at radius 2 is 2.00 bits per heavy atom. The number of rotatable bonds is 4. The van der Waals surface area contributed by atoms with Gasteiger partial charge in [0.05, 0.1) is 0 Å². The van der Waals surface area contributed by atoms with Crippen LogP contribution in [0, 0.1) is 0 Å². The summed E-state index contributed by atoms with van der Waals surface area (Å²) >= 11 is 0. The highest BCUT2D eigenvalue weighted by Crippen LogP contribution is 2.15. The van der Waals surface area contributed by atoms with Crippen LogP contribution >= 0.6 is 0 Å². The lowest BCUT2D eigenvalue weighted by Crippen LogP contribution is -2.09. The summed E-state index contributed by atoms with van der Waals surface area (Å²) in [6.07, 6.45) is -0.281. The van der Waals surface area contributed by atoms with E-state index in [0.717, 1.165) is 16.6 Å². The Morgan fingerprint density at radius 1 is 1.25 bits per heavy atom. The summed E-state index contributed by atoms with van der Waals surface area (Å²) in [7, 11) is 0. The number of aromatic amines is 1. The average Bonchev–Trinajstić information content (AvgIpc) is 2.57. The van der Waals surface area contributed by atoms with Crippen LogP contribution < -0.4 is 0 Å². The fraction of sp³-hybridized carbons (Fsp3) is 0.167. The second kappa shape index (κ2) is 4.18. The molecule has 4 heteroatoms. The van der Waals surface area contributed by atoms with Gasteiger partial charge >= 0.3 is 5.97 Å². The molecule has 0 atom stereocenters. The monoisotopic (exact) mass is 217 g/mol. The van der Waals surface area contributed by atoms with E-state index in [1.807, 2.05) is 30.3 Å². The number of hydrogen-bond donors (Lipinski definition) is 2. The lowest BCUT2D eigenvalue weighted by atomic mass is 10.1. The van der Waals surface area contributed by atoms with Gasteiger partial charge in [0.15, 0.2) is 0 Å². The third-order valence-electron chi connectivity index (χ3n) is 2.32. The molecular formula is C12H11NO3. The van der Waals surface area contributed by atoms with Crippen LogP contribution in [-0.2, 0) is 16.0 Å². The average molecular weight is 217 g/mol. The van der Waals surface area contributed by atoms with Gasteiger partial charge in [-0.15, -0.1) is 0 Å². The number of benzene rings is 1. The van der Waals surface area contributed by atoms with Crippen molar-refractivity contribution in [2.24, 2.45) is 0 Å². The van der Waals surface area contributed by atoms with Crippen LogP contribution in [0.15, 0.2) is 30.3 Å². The molecule has 0 saturated heterocycles. The maximum Gasteiger partial charge on any atom is 0.310 e. The number of ketones is 1. The zero-order chi connectivity index (χ0) is 11.5. The number of carboxylic acid groups (broad SMARTS) is 1. The van der Waals surface area contributed by atoms with Crippen LogP contribution in [-0.4, -0.2) is 21.8 Å². The number of aromatic nitrogens is 1. The summed E-state index contributed by atoms with van der Waals surface area (Å²) in [6, 6.07) is 9.55. The number of carboxylic acids is 1. The molecule has 1 aromatic heterocycles. The number of fused-ring (bicyclic) bond motifs is 1. The quantitative estimate of drug-likeness (QED) is 0.766. The highest BCUT2D eigenvalue weighted by Gasteiger charge is 2.10. The number of carbonyl (C=O) groups is 2. The maximum absolute atomic E-state index is 11.3. The lowest BCUT2D eigenvalue weighted by molar-refractivity contribution is -0.140. The molecular weight excluding hydrogens is 206 g/mol. The van der Waals surface area contributed by atoms with E-state index in [4.69, 9.17) is 5.11 Å². The highest BCUT2D eigenvalue weighted by atomic mass is 16.4. The molecule has 0 unspecified atom stereocenters. The van der Waals surface area contributed by atoms with Gasteiger partial charge in [0.2, 0.25) is 0 Å². The molecule has 0 aliphatic rings. The molecule has 1 heterocycles. The van der Waals surface area contributed by atoms with Crippen molar-refractivity contribution in [3.8, 4) is 0 Å². The van der Waals surface area contributed by atoms with Gasteiger partial charge in [0.25, 0.3) is 0 Å². The summed E-state index contributed by atoms with van der Waals surface area (Å²) in [5, 5.41) is 9.50. The number of nitrogens with one attached hydrogen (secondary N) is 1. The Kier molecular flexibility index (Phi) is 2.72. The van der Waals surface area contributed by atoms with E-state index in [0.29, 0.717) is 0 Å². The molecule has 0 bridgehead atoms. The van der Waals surface area contributed by atoms with Gasteiger partial charge in [-0.05, 0) is 17.5 Å². The normalized spacial score (nSPS) is 10.5. The molecule has 4 nitrogen and oxygen atoms in total. The van der Waals surface area contributed by atoms with Crippen LogP contribution in [0.25, 0.3) is 10.9 Å². The predicted octanol–water partition coefficient (Wildman–Crippen LogP) is 1.75. The minimum Gasteiger partial charge on any atom is -0.481 e. The van der Waals surface area contributed by atoms with Crippen molar-refractivity contribution in [2.75, 3.05) is 0 Å². The molecule has 0 aliphatic carbocycles. The first-order chi connectivity index (χ1) is 7.65. The van der Waals surface area contributed by atoms with Gasteiger partial charge in [-0.25, -0.2) is 0 Å². The van der Waals surface area contributed by atoms with Crippen molar-refractivity contribution in [1.82, 2.24) is 4.98 Å². The fourth-order valence-electron chi connectivity index (χ4n) is 1.67. The molecule has 2 N–H and O–H groups in total. The van der Waals surface area contributed by atoms with Crippen LogP contribution in [0.2, 0.25) is 0 Å². The molecule has 2 aromatic rings. The van der Waals surface area contributed by atoms with Gasteiger partial charge in [-0.3, -0.25) is 9.59 Å². The molecule has 16 heavy (non-hydrogen) atoms. The third kappa shape index (κ3) is 2.28. The third-order valence-corrected chi connectivity index (χ3v) is 2.32. The van der Waals surface area contributed by atoms with Crippen molar-refractivity contribution in [1.29, 1.82) is 0 Å². The molecule has 1 aromatic carbocycles. The number of para-hydroxylation sites is 1. The van der Waals surface area contributed by atoms with Crippen LogP contribution in [0.1, 0.15) is 12.1 Å². The molecule has 0 fully saturated rings. The summed E-state index contributed by atoms with van der Waals surface area (Å²) < 4.78 is 0. The fourth-order valence-corrected chi connectivity index (χ4v) is 1.67. The number of carbonyl (C=O) groups excluding carboxylic acids is 1. The lowest BCUT2D eigenvalue weighted by Gasteiger charge is -1.94. The van der Waals surface area contributed by atoms with Crippen molar-refractivity contribution in [3.05, 3.63) is 36.0 Å². The van der Waals surface area contributed by atoms with E-state index in [1.165, 1.54) is 0 Å². The van der Waals surface area contributed by atoms with Crippen molar-refractivity contribution in [3.63, 3.8) is 0 Å². The minimum absolute atomic E-state index is 0.140. The second-order valence-corrected chi connectivity index (χ2v) is 3.67. The Hall–Kier alpha value is -2.10. The first-order valence-corrected chi connectivity index (χ1v) is 4.95. The largest absolute Gasteiger partial charge is 0.481 e. The Morgan fingerprint density at radius 3 is 2.69 bits per heavy atom. The summed E-state index contributed by atoms with van der Waals surface area (Å²) in [5.41, 5.74) is 1.72. The summed E-state index contributed by atoms with van der Waals surface area (Å²) in [5.74, 6) is -1.37. The number of H-pyrrole nitrogens is 1. The van der Waals surface area contributed by atoms with Gasteiger partial charge < -0.3 is 10.1 Å². The topological polar surface area (TPSA) is 70.2 Å². The highest BCUT2D eigenvalue weighted by molar-refractivity contribution is 5.96. The SMILES string of the molecule is O=C(O)CC(=O)Cc1cc2ccccc2[nH]1. The minimum atomic E-state index is -1.08.